The van der Waals surface area contributed by atoms with Crippen LogP contribution in [0.1, 0.15) is 43.1 Å². The van der Waals surface area contributed by atoms with Gasteiger partial charge < -0.3 is 15.1 Å². The van der Waals surface area contributed by atoms with E-state index in [0.29, 0.717) is 12.4 Å². The van der Waals surface area contributed by atoms with Gasteiger partial charge in [0.05, 0.1) is 23.4 Å². The highest BCUT2D eigenvalue weighted by Gasteiger charge is 2.19. The van der Waals surface area contributed by atoms with Gasteiger partial charge in [0.1, 0.15) is 5.76 Å². The van der Waals surface area contributed by atoms with Crippen LogP contribution in [0.3, 0.4) is 0 Å². The third-order valence-electron chi connectivity index (χ3n) is 3.03. The van der Waals surface area contributed by atoms with Gasteiger partial charge in [-0.15, -0.1) is 11.3 Å². The molecule has 2 aromatic heterocycles. The minimum Gasteiger partial charge on any atom is -0.443 e. The molecule has 0 spiro atoms. The van der Waals surface area contributed by atoms with E-state index in [2.05, 4.69) is 41.4 Å². The molecule has 0 aliphatic heterocycles. The Labute approximate surface area is 134 Å². The van der Waals surface area contributed by atoms with Gasteiger partial charge in [0.2, 0.25) is 5.89 Å². The Balaban J connectivity index is 1.70. The van der Waals surface area contributed by atoms with E-state index < -0.39 is 0 Å². The van der Waals surface area contributed by atoms with Crippen LogP contribution < -0.4 is 10.6 Å². The second-order valence-corrected chi connectivity index (χ2v) is 7.15. The number of aromatic nitrogens is 2. The average Bonchev–Trinajstić information content (AvgIpc) is 3.05. The SMILES string of the molecule is Cc1nc(CCNC(=O)NCc2ncc(C(C)(C)C)o2)cs1. The summed E-state index contributed by atoms with van der Waals surface area (Å²) in [5.74, 6) is 1.32. The fourth-order valence-electron chi connectivity index (χ4n) is 1.78. The molecule has 0 bridgehead atoms. The van der Waals surface area contributed by atoms with Crippen molar-refractivity contribution >= 4 is 17.4 Å². The summed E-state index contributed by atoms with van der Waals surface area (Å²) in [6, 6.07) is -0.234. The molecule has 120 valence electrons. The van der Waals surface area contributed by atoms with Crippen molar-refractivity contribution in [2.24, 2.45) is 0 Å². The van der Waals surface area contributed by atoms with Crippen molar-refractivity contribution in [1.29, 1.82) is 0 Å². The van der Waals surface area contributed by atoms with Crippen LogP contribution >= 0.6 is 11.3 Å². The van der Waals surface area contributed by atoms with Crippen molar-refractivity contribution in [2.45, 2.75) is 46.1 Å². The van der Waals surface area contributed by atoms with Gasteiger partial charge in [0.25, 0.3) is 0 Å². The number of carbonyl (C=O) groups excluding carboxylic acids is 1. The van der Waals surface area contributed by atoms with Crippen LogP contribution in [-0.4, -0.2) is 22.5 Å². The molecule has 2 amide bonds. The van der Waals surface area contributed by atoms with E-state index >= 15 is 0 Å². The van der Waals surface area contributed by atoms with E-state index in [9.17, 15) is 4.79 Å². The van der Waals surface area contributed by atoms with Gasteiger partial charge >= 0.3 is 6.03 Å². The fraction of sp³-hybridized carbons (Fsp3) is 0.533. The second-order valence-electron chi connectivity index (χ2n) is 6.09. The third kappa shape index (κ3) is 4.84. The standard InChI is InChI=1S/C15H22N4O2S/c1-10-19-11(9-22-10)5-6-16-14(20)18-8-13-17-7-12(21-13)15(2,3)4/h7,9H,5-6,8H2,1-4H3,(H2,16,18,20). The zero-order valence-corrected chi connectivity index (χ0v) is 14.2. The molecule has 0 radical (unpaired) electrons. The number of urea groups is 1. The van der Waals surface area contributed by atoms with Crippen LogP contribution in [0, 0.1) is 6.92 Å². The van der Waals surface area contributed by atoms with Gasteiger partial charge in [-0.25, -0.2) is 14.8 Å². The van der Waals surface area contributed by atoms with Crippen LogP contribution in [0.15, 0.2) is 16.0 Å². The van der Waals surface area contributed by atoms with Crippen LogP contribution in [0.25, 0.3) is 0 Å². The number of hydrogen-bond donors (Lipinski definition) is 2. The van der Waals surface area contributed by atoms with Gasteiger partial charge in [-0.05, 0) is 6.92 Å². The number of thiazole rings is 1. The Kier molecular flexibility index (Phi) is 5.18. The minimum atomic E-state index is -0.234. The quantitative estimate of drug-likeness (QED) is 0.887. The summed E-state index contributed by atoms with van der Waals surface area (Å²) >= 11 is 1.61. The molecule has 0 aromatic carbocycles. The number of nitrogens with zero attached hydrogens (tertiary/aromatic N) is 2. The third-order valence-corrected chi connectivity index (χ3v) is 3.85. The topological polar surface area (TPSA) is 80.0 Å². The molecule has 0 saturated heterocycles. The van der Waals surface area contributed by atoms with Crippen molar-refractivity contribution in [3.63, 3.8) is 0 Å². The molecule has 2 aromatic rings. The molecule has 2 N–H and O–H groups in total. The predicted molar refractivity (Wildman–Crippen MR) is 86.0 cm³/mol. The molecule has 0 saturated carbocycles. The molecule has 6 nitrogen and oxygen atoms in total. The van der Waals surface area contributed by atoms with E-state index in [1.807, 2.05) is 12.3 Å². The summed E-state index contributed by atoms with van der Waals surface area (Å²) in [5.41, 5.74) is 0.921. The molecule has 2 heterocycles. The predicted octanol–water partition coefficient (Wildman–Crippen LogP) is 2.78. The van der Waals surface area contributed by atoms with Crippen molar-refractivity contribution in [3.05, 3.63) is 33.9 Å². The van der Waals surface area contributed by atoms with Crippen molar-refractivity contribution in [2.75, 3.05) is 6.54 Å². The molecule has 0 aliphatic rings. The molecule has 0 atom stereocenters. The Morgan fingerprint density at radius 3 is 2.73 bits per heavy atom. The minimum absolute atomic E-state index is 0.0842. The van der Waals surface area contributed by atoms with Gasteiger partial charge in [-0.1, -0.05) is 20.8 Å². The molecule has 2 rings (SSSR count). The zero-order valence-electron chi connectivity index (χ0n) is 13.4. The van der Waals surface area contributed by atoms with Crippen molar-refractivity contribution in [1.82, 2.24) is 20.6 Å². The van der Waals surface area contributed by atoms with Gasteiger partial charge in [0, 0.05) is 23.8 Å². The maximum absolute atomic E-state index is 11.7. The molecule has 0 unspecified atom stereocenters. The number of nitrogens with one attached hydrogen (secondary N) is 2. The number of amides is 2. The highest BCUT2D eigenvalue weighted by molar-refractivity contribution is 7.09. The number of aryl methyl sites for hydroxylation is 1. The van der Waals surface area contributed by atoms with Crippen LogP contribution in [0.2, 0.25) is 0 Å². The lowest BCUT2D eigenvalue weighted by atomic mass is 9.94. The Morgan fingerprint density at radius 1 is 1.36 bits per heavy atom. The Hall–Kier alpha value is -1.89. The number of carbonyl (C=O) groups is 1. The van der Waals surface area contributed by atoms with Gasteiger partial charge in [0.15, 0.2) is 0 Å². The summed E-state index contributed by atoms with van der Waals surface area (Å²) < 4.78 is 5.61. The zero-order chi connectivity index (χ0) is 16.2. The van der Waals surface area contributed by atoms with E-state index in [1.54, 1.807) is 17.5 Å². The van der Waals surface area contributed by atoms with Gasteiger partial charge in [-0.3, -0.25) is 0 Å². The van der Waals surface area contributed by atoms with E-state index in [0.717, 1.165) is 22.9 Å². The summed E-state index contributed by atoms with van der Waals surface area (Å²) in [6.07, 6.45) is 2.43. The van der Waals surface area contributed by atoms with Crippen LogP contribution in [0.4, 0.5) is 4.79 Å². The highest BCUT2D eigenvalue weighted by Crippen LogP contribution is 2.22. The number of rotatable bonds is 5. The Morgan fingerprint density at radius 2 is 2.14 bits per heavy atom. The van der Waals surface area contributed by atoms with E-state index in [-0.39, 0.29) is 18.0 Å². The highest BCUT2D eigenvalue weighted by atomic mass is 32.1. The maximum atomic E-state index is 11.7. The van der Waals surface area contributed by atoms with Crippen molar-refractivity contribution in [3.8, 4) is 0 Å². The van der Waals surface area contributed by atoms with Crippen LogP contribution in [0.5, 0.6) is 0 Å². The molecule has 22 heavy (non-hydrogen) atoms. The molecule has 0 fully saturated rings. The molecular weight excluding hydrogens is 300 g/mol. The summed E-state index contributed by atoms with van der Waals surface area (Å²) in [6.45, 7) is 8.95. The van der Waals surface area contributed by atoms with Gasteiger partial charge in [-0.2, -0.15) is 0 Å². The first kappa shape index (κ1) is 16.5. The first-order chi connectivity index (χ1) is 10.3. The monoisotopic (exact) mass is 322 g/mol. The summed E-state index contributed by atoms with van der Waals surface area (Å²) in [5, 5.41) is 8.57. The van der Waals surface area contributed by atoms with Crippen LogP contribution in [-0.2, 0) is 18.4 Å². The normalized spacial score (nSPS) is 11.5. The van der Waals surface area contributed by atoms with E-state index in [1.165, 1.54) is 0 Å². The summed E-state index contributed by atoms with van der Waals surface area (Å²) in [7, 11) is 0. The first-order valence-electron chi connectivity index (χ1n) is 7.22. The lowest BCUT2D eigenvalue weighted by Crippen LogP contribution is -2.36. The maximum Gasteiger partial charge on any atom is 0.315 e. The number of hydrogen-bond acceptors (Lipinski definition) is 5. The number of oxazole rings is 1. The smallest absolute Gasteiger partial charge is 0.315 e. The second kappa shape index (κ2) is 6.91. The lowest BCUT2D eigenvalue weighted by Gasteiger charge is -2.13. The molecular formula is C15H22N4O2S. The lowest BCUT2D eigenvalue weighted by molar-refractivity contribution is 0.239. The molecule has 7 heteroatoms. The summed E-state index contributed by atoms with van der Waals surface area (Å²) in [4.78, 5) is 20.2. The van der Waals surface area contributed by atoms with E-state index in [4.69, 9.17) is 4.42 Å². The Bertz CT molecular complexity index is 628. The largest absolute Gasteiger partial charge is 0.443 e. The average molecular weight is 322 g/mol. The molecule has 0 aliphatic carbocycles. The first-order valence-corrected chi connectivity index (χ1v) is 8.10. The fourth-order valence-corrected chi connectivity index (χ4v) is 2.43. The van der Waals surface area contributed by atoms with Crippen molar-refractivity contribution < 1.29 is 9.21 Å².